The van der Waals surface area contributed by atoms with Crippen LogP contribution in [0, 0.1) is 0 Å². The standard InChI is InChI=1S/C20H20N2O3/c1-15(23)16-7-9-19(10-8-16)25-13-18(24)11-22-12-20(21-14-22)17-5-3-2-4-6-17/h2-10,12,14,18,24H,11,13H2,1H3. The molecule has 1 aromatic heterocycles. The average Bonchev–Trinajstić information content (AvgIpc) is 3.09. The molecule has 0 fully saturated rings. The minimum Gasteiger partial charge on any atom is -0.491 e. The summed E-state index contributed by atoms with van der Waals surface area (Å²) in [7, 11) is 0. The van der Waals surface area contributed by atoms with Gasteiger partial charge in [0.1, 0.15) is 18.5 Å². The SMILES string of the molecule is CC(=O)c1ccc(OCC(O)Cn2cnc(-c3ccccc3)c2)cc1. The number of hydrogen-bond acceptors (Lipinski definition) is 4. The summed E-state index contributed by atoms with van der Waals surface area (Å²) in [6.07, 6.45) is 2.94. The number of ether oxygens (including phenoxy) is 1. The molecule has 0 aliphatic rings. The van der Waals surface area contributed by atoms with E-state index in [4.69, 9.17) is 4.74 Å². The molecule has 2 aromatic carbocycles. The van der Waals surface area contributed by atoms with Gasteiger partial charge >= 0.3 is 0 Å². The van der Waals surface area contributed by atoms with Crippen molar-refractivity contribution < 1.29 is 14.6 Å². The molecule has 1 atom stereocenters. The Morgan fingerprint density at radius 2 is 1.88 bits per heavy atom. The molecule has 0 saturated carbocycles. The van der Waals surface area contributed by atoms with Crippen molar-refractivity contribution in [3.8, 4) is 17.0 Å². The fraction of sp³-hybridized carbons (Fsp3) is 0.200. The van der Waals surface area contributed by atoms with E-state index in [2.05, 4.69) is 4.98 Å². The maximum atomic E-state index is 11.2. The zero-order valence-corrected chi connectivity index (χ0v) is 14.0. The molecule has 0 spiro atoms. The van der Waals surface area contributed by atoms with Gasteiger partial charge < -0.3 is 14.4 Å². The smallest absolute Gasteiger partial charge is 0.159 e. The van der Waals surface area contributed by atoms with Gasteiger partial charge in [-0.15, -0.1) is 0 Å². The van der Waals surface area contributed by atoms with Gasteiger partial charge in [-0.05, 0) is 31.2 Å². The lowest BCUT2D eigenvalue weighted by atomic mass is 10.1. The number of imidazole rings is 1. The predicted molar refractivity (Wildman–Crippen MR) is 95.6 cm³/mol. The Bertz CT molecular complexity index is 826. The Morgan fingerprint density at radius 1 is 1.16 bits per heavy atom. The van der Waals surface area contributed by atoms with Crippen LogP contribution >= 0.6 is 0 Å². The molecule has 1 heterocycles. The predicted octanol–water partition coefficient (Wildman–Crippen LogP) is 3.19. The zero-order valence-electron chi connectivity index (χ0n) is 14.0. The summed E-state index contributed by atoms with van der Waals surface area (Å²) in [5.74, 6) is 0.639. The van der Waals surface area contributed by atoms with Crippen LogP contribution in [0.5, 0.6) is 5.75 Å². The van der Waals surface area contributed by atoms with E-state index in [1.54, 1.807) is 30.6 Å². The molecule has 1 N–H and O–H groups in total. The largest absolute Gasteiger partial charge is 0.491 e. The second-order valence-electron chi connectivity index (χ2n) is 5.87. The van der Waals surface area contributed by atoms with Crippen LogP contribution in [-0.2, 0) is 6.54 Å². The summed E-state index contributed by atoms with van der Waals surface area (Å²) < 4.78 is 7.41. The third kappa shape index (κ3) is 4.55. The summed E-state index contributed by atoms with van der Waals surface area (Å²) in [6.45, 7) is 2.08. The number of aliphatic hydroxyl groups is 1. The summed E-state index contributed by atoms with van der Waals surface area (Å²) in [6, 6.07) is 16.8. The molecule has 0 aliphatic carbocycles. The van der Waals surface area contributed by atoms with Crippen molar-refractivity contribution >= 4 is 5.78 Å². The summed E-state index contributed by atoms with van der Waals surface area (Å²) >= 11 is 0. The van der Waals surface area contributed by atoms with Gasteiger partial charge in [-0.1, -0.05) is 30.3 Å². The molecule has 1 unspecified atom stereocenters. The first kappa shape index (κ1) is 16.9. The lowest BCUT2D eigenvalue weighted by molar-refractivity contribution is 0.0923. The van der Waals surface area contributed by atoms with Gasteiger partial charge in [0, 0.05) is 17.3 Å². The van der Waals surface area contributed by atoms with Gasteiger partial charge in [0.05, 0.1) is 18.6 Å². The monoisotopic (exact) mass is 336 g/mol. The molecule has 0 aliphatic heterocycles. The van der Waals surface area contributed by atoms with Gasteiger partial charge in [-0.2, -0.15) is 0 Å². The van der Waals surface area contributed by atoms with Gasteiger partial charge in [0.2, 0.25) is 0 Å². The first-order valence-electron chi connectivity index (χ1n) is 8.11. The minimum atomic E-state index is -0.662. The molecule has 5 nitrogen and oxygen atoms in total. The van der Waals surface area contributed by atoms with Gasteiger partial charge in [-0.25, -0.2) is 4.98 Å². The normalized spacial score (nSPS) is 11.9. The Kier molecular flexibility index (Phi) is 5.26. The summed E-state index contributed by atoms with van der Waals surface area (Å²) in [4.78, 5) is 15.6. The van der Waals surface area contributed by atoms with E-state index in [1.807, 2.05) is 41.1 Å². The van der Waals surface area contributed by atoms with Crippen molar-refractivity contribution in [1.29, 1.82) is 0 Å². The maximum Gasteiger partial charge on any atom is 0.159 e. The van der Waals surface area contributed by atoms with Crippen LogP contribution in [0.15, 0.2) is 67.1 Å². The number of benzene rings is 2. The van der Waals surface area contributed by atoms with E-state index in [0.717, 1.165) is 11.3 Å². The van der Waals surface area contributed by atoms with Crippen molar-refractivity contribution in [3.63, 3.8) is 0 Å². The summed E-state index contributed by atoms with van der Waals surface area (Å²) in [5.41, 5.74) is 2.55. The van der Waals surface area contributed by atoms with Crippen molar-refractivity contribution in [3.05, 3.63) is 72.7 Å². The Balaban J connectivity index is 1.53. The topological polar surface area (TPSA) is 64.3 Å². The number of nitrogens with zero attached hydrogens (tertiary/aromatic N) is 2. The average molecular weight is 336 g/mol. The fourth-order valence-corrected chi connectivity index (χ4v) is 2.49. The van der Waals surface area contributed by atoms with E-state index < -0.39 is 6.10 Å². The molecule has 25 heavy (non-hydrogen) atoms. The second kappa shape index (κ2) is 7.77. The van der Waals surface area contributed by atoms with Crippen molar-refractivity contribution in [1.82, 2.24) is 9.55 Å². The van der Waals surface area contributed by atoms with E-state index >= 15 is 0 Å². The zero-order chi connectivity index (χ0) is 17.6. The number of carbonyl (C=O) groups is 1. The Hall–Kier alpha value is -2.92. The molecule has 0 amide bonds. The van der Waals surface area contributed by atoms with E-state index in [9.17, 15) is 9.90 Å². The molecule has 0 radical (unpaired) electrons. The molecule has 0 saturated heterocycles. The molecular weight excluding hydrogens is 316 g/mol. The third-order valence-electron chi connectivity index (χ3n) is 3.83. The van der Waals surface area contributed by atoms with Crippen molar-refractivity contribution in [2.24, 2.45) is 0 Å². The lowest BCUT2D eigenvalue weighted by Gasteiger charge is -2.13. The number of carbonyl (C=O) groups excluding carboxylic acids is 1. The van der Waals surface area contributed by atoms with Crippen LogP contribution in [0.1, 0.15) is 17.3 Å². The molecular formula is C20H20N2O3. The highest BCUT2D eigenvalue weighted by atomic mass is 16.5. The van der Waals surface area contributed by atoms with Crippen LogP contribution in [0.25, 0.3) is 11.3 Å². The van der Waals surface area contributed by atoms with Crippen LogP contribution in [-0.4, -0.2) is 33.2 Å². The number of ketones is 1. The highest BCUT2D eigenvalue weighted by molar-refractivity contribution is 5.94. The van der Waals surface area contributed by atoms with Crippen molar-refractivity contribution in [2.75, 3.05) is 6.61 Å². The number of rotatable bonds is 7. The van der Waals surface area contributed by atoms with Crippen LogP contribution < -0.4 is 4.74 Å². The number of aromatic nitrogens is 2. The van der Waals surface area contributed by atoms with Crippen LogP contribution in [0.2, 0.25) is 0 Å². The number of aliphatic hydroxyl groups excluding tert-OH is 1. The molecule has 128 valence electrons. The highest BCUT2D eigenvalue weighted by Gasteiger charge is 2.09. The molecule has 3 aromatic rings. The Morgan fingerprint density at radius 3 is 2.56 bits per heavy atom. The number of Topliss-reactive ketones (excluding diaryl/α,β-unsaturated/α-hetero) is 1. The fourth-order valence-electron chi connectivity index (χ4n) is 2.49. The maximum absolute atomic E-state index is 11.2. The first-order chi connectivity index (χ1) is 12.1. The quantitative estimate of drug-likeness (QED) is 0.673. The molecule has 5 heteroatoms. The van der Waals surface area contributed by atoms with Gasteiger partial charge in [-0.3, -0.25) is 4.79 Å². The van der Waals surface area contributed by atoms with Gasteiger partial charge in [0.15, 0.2) is 5.78 Å². The van der Waals surface area contributed by atoms with Crippen LogP contribution in [0.3, 0.4) is 0 Å². The second-order valence-corrected chi connectivity index (χ2v) is 5.87. The molecule has 0 bridgehead atoms. The van der Waals surface area contributed by atoms with E-state index in [-0.39, 0.29) is 12.4 Å². The Labute approximate surface area is 146 Å². The molecule has 3 rings (SSSR count). The highest BCUT2D eigenvalue weighted by Crippen LogP contribution is 2.16. The van der Waals surface area contributed by atoms with E-state index in [1.165, 1.54) is 6.92 Å². The number of hydrogen-bond donors (Lipinski definition) is 1. The summed E-state index contributed by atoms with van der Waals surface area (Å²) in [5, 5.41) is 10.2. The lowest BCUT2D eigenvalue weighted by Crippen LogP contribution is -2.23. The minimum absolute atomic E-state index is 0.0147. The van der Waals surface area contributed by atoms with E-state index in [0.29, 0.717) is 17.9 Å². The first-order valence-corrected chi connectivity index (χ1v) is 8.11. The third-order valence-corrected chi connectivity index (χ3v) is 3.83. The van der Waals surface area contributed by atoms with Crippen molar-refractivity contribution in [2.45, 2.75) is 19.6 Å². The van der Waals surface area contributed by atoms with Gasteiger partial charge in [0.25, 0.3) is 0 Å². The van der Waals surface area contributed by atoms with Crippen LogP contribution in [0.4, 0.5) is 0 Å².